The summed E-state index contributed by atoms with van der Waals surface area (Å²) >= 11 is 0. The SMILES string of the molecule is C/C=C\c1c(N(C)Cc2ccc(C#N)cc2)ccc2c(CCC3CCN(CC4OCCO4)CC3)noc12. The summed E-state index contributed by atoms with van der Waals surface area (Å²) in [7, 11) is 2.08. The molecule has 0 N–H and O–H groups in total. The number of piperidine rings is 1. The minimum atomic E-state index is -0.0440. The molecule has 5 rings (SSSR count). The maximum atomic E-state index is 9.06. The van der Waals surface area contributed by atoms with E-state index in [4.69, 9.17) is 19.3 Å². The van der Waals surface area contributed by atoms with E-state index in [1.54, 1.807) is 0 Å². The Kier molecular flexibility index (Phi) is 8.20. The highest BCUT2D eigenvalue weighted by Gasteiger charge is 2.25. The monoisotopic (exact) mass is 500 g/mol. The zero-order valence-corrected chi connectivity index (χ0v) is 21.9. The molecule has 3 heterocycles. The second-order valence-electron chi connectivity index (χ2n) is 10.1. The Balaban J connectivity index is 1.23. The number of allylic oxidation sites excluding steroid dienone is 1. The van der Waals surface area contributed by atoms with E-state index < -0.39 is 0 Å². The fourth-order valence-corrected chi connectivity index (χ4v) is 5.47. The number of likely N-dealkylation sites (tertiary alicyclic amines) is 1. The fourth-order valence-electron chi connectivity index (χ4n) is 5.47. The Morgan fingerprint density at radius 1 is 1.11 bits per heavy atom. The molecule has 0 aliphatic carbocycles. The molecule has 7 heteroatoms. The van der Waals surface area contributed by atoms with Crippen LogP contribution in [0.4, 0.5) is 5.69 Å². The van der Waals surface area contributed by atoms with Gasteiger partial charge in [0.1, 0.15) is 0 Å². The van der Waals surface area contributed by atoms with Crippen molar-refractivity contribution in [1.29, 1.82) is 5.26 Å². The molecule has 0 atom stereocenters. The van der Waals surface area contributed by atoms with Crippen LogP contribution >= 0.6 is 0 Å². The molecule has 2 saturated heterocycles. The van der Waals surface area contributed by atoms with E-state index >= 15 is 0 Å². The first kappa shape index (κ1) is 25.5. The van der Waals surface area contributed by atoms with Gasteiger partial charge in [-0.1, -0.05) is 29.4 Å². The van der Waals surface area contributed by atoms with Crippen LogP contribution in [0.1, 0.15) is 48.6 Å². The van der Waals surface area contributed by atoms with E-state index in [-0.39, 0.29) is 6.29 Å². The number of nitriles is 1. The standard InChI is InChI=1S/C30H36N4O3/c1-3-4-26-28(33(2)20-24-7-5-23(19-31)6-8-24)12-10-25-27(32-37-30(25)26)11-9-22-13-15-34(16-14-22)21-29-35-17-18-36-29/h3-8,10,12,22,29H,9,11,13-18,20-21H2,1-2H3/b4-3-. The predicted octanol–water partition coefficient (Wildman–Crippen LogP) is 5.39. The van der Waals surface area contributed by atoms with Gasteiger partial charge in [0.15, 0.2) is 11.9 Å². The lowest BCUT2D eigenvalue weighted by Gasteiger charge is -2.32. The molecule has 2 aliphatic heterocycles. The molecule has 2 fully saturated rings. The molecule has 7 nitrogen and oxygen atoms in total. The Bertz CT molecular complexity index is 1250. The first-order valence-electron chi connectivity index (χ1n) is 13.3. The summed E-state index contributed by atoms with van der Waals surface area (Å²) < 4.78 is 17.1. The topological polar surface area (TPSA) is 74.8 Å². The Hall–Kier alpha value is -3.18. The number of ether oxygens (including phenoxy) is 2. The smallest absolute Gasteiger partial charge is 0.176 e. The summed E-state index contributed by atoms with van der Waals surface area (Å²) in [6.07, 6.45) is 8.58. The van der Waals surface area contributed by atoms with Crippen LogP contribution < -0.4 is 4.90 Å². The molecule has 0 radical (unpaired) electrons. The normalized spacial score (nSPS) is 17.6. The largest absolute Gasteiger partial charge is 0.370 e. The summed E-state index contributed by atoms with van der Waals surface area (Å²) in [4.78, 5) is 4.69. The first-order valence-corrected chi connectivity index (χ1v) is 13.3. The zero-order valence-electron chi connectivity index (χ0n) is 21.9. The molecule has 1 aromatic heterocycles. The highest BCUT2D eigenvalue weighted by Crippen LogP contribution is 2.33. The van der Waals surface area contributed by atoms with Crippen molar-refractivity contribution in [2.75, 3.05) is 44.8 Å². The van der Waals surface area contributed by atoms with Crippen molar-refractivity contribution < 1.29 is 14.0 Å². The van der Waals surface area contributed by atoms with E-state index in [0.717, 1.165) is 85.7 Å². The van der Waals surface area contributed by atoms with Crippen LogP contribution in [0.25, 0.3) is 17.0 Å². The van der Waals surface area contributed by atoms with Gasteiger partial charge in [-0.05, 0) is 81.4 Å². The van der Waals surface area contributed by atoms with Gasteiger partial charge in [0.25, 0.3) is 0 Å². The van der Waals surface area contributed by atoms with Crippen molar-refractivity contribution in [2.24, 2.45) is 5.92 Å². The lowest BCUT2D eigenvalue weighted by molar-refractivity contribution is -0.0661. The van der Waals surface area contributed by atoms with Crippen molar-refractivity contribution in [3.05, 3.63) is 64.9 Å². The second-order valence-corrected chi connectivity index (χ2v) is 10.1. The van der Waals surface area contributed by atoms with Crippen molar-refractivity contribution >= 4 is 22.7 Å². The van der Waals surface area contributed by atoms with Crippen molar-refractivity contribution in [3.63, 3.8) is 0 Å². The van der Waals surface area contributed by atoms with Crippen LogP contribution in [0.2, 0.25) is 0 Å². The third kappa shape index (κ3) is 6.04. The van der Waals surface area contributed by atoms with Crippen LogP contribution in [0.15, 0.2) is 47.0 Å². The van der Waals surface area contributed by atoms with E-state index in [2.05, 4.69) is 46.3 Å². The van der Waals surface area contributed by atoms with E-state index in [1.807, 2.05) is 37.3 Å². The van der Waals surface area contributed by atoms with Crippen molar-refractivity contribution in [3.8, 4) is 6.07 Å². The number of rotatable bonds is 9. The van der Waals surface area contributed by atoms with Crippen molar-refractivity contribution in [2.45, 2.75) is 45.4 Å². The van der Waals surface area contributed by atoms with E-state index in [0.29, 0.717) is 11.5 Å². The average Bonchev–Trinajstić information content (AvgIpc) is 3.59. The van der Waals surface area contributed by atoms with Gasteiger partial charge in [0, 0.05) is 36.8 Å². The Morgan fingerprint density at radius 2 is 1.86 bits per heavy atom. The van der Waals surface area contributed by atoms with Gasteiger partial charge in [-0.2, -0.15) is 5.26 Å². The summed E-state index contributed by atoms with van der Waals surface area (Å²) in [5.74, 6) is 0.709. The number of anilines is 1. The minimum Gasteiger partial charge on any atom is -0.370 e. The average molecular weight is 501 g/mol. The van der Waals surface area contributed by atoms with Crippen molar-refractivity contribution in [1.82, 2.24) is 10.1 Å². The second kappa shape index (κ2) is 11.9. The summed E-state index contributed by atoms with van der Waals surface area (Å²) in [5, 5.41) is 14.7. The molecule has 0 spiro atoms. The molecule has 3 aromatic rings. The number of hydrogen-bond donors (Lipinski definition) is 0. The Labute approximate surface area is 219 Å². The van der Waals surface area contributed by atoms with E-state index in [1.165, 1.54) is 12.8 Å². The summed E-state index contributed by atoms with van der Waals surface area (Å²) in [6.45, 7) is 7.30. The molecule has 2 aromatic carbocycles. The lowest BCUT2D eigenvalue weighted by atomic mass is 9.91. The number of aromatic nitrogens is 1. The highest BCUT2D eigenvalue weighted by molar-refractivity contribution is 5.93. The van der Waals surface area contributed by atoms with Gasteiger partial charge >= 0.3 is 0 Å². The molecule has 194 valence electrons. The third-order valence-electron chi connectivity index (χ3n) is 7.57. The van der Waals surface area contributed by atoms with Crippen LogP contribution in [0.5, 0.6) is 0 Å². The molecule has 37 heavy (non-hydrogen) atoms. The number of aryl methyl sites for hydroxylation is 1. The first-order chi connectivity index (χ1) is 18.1. The minimum absolute atomic E-state index is 0.0440. The molecule has 0 bridgehead atoms. The predicted molar refractivity (Wildman–Crippen MR) is 145 cm³/mol. The van der Waals surface area contributed by atoms with Gasteiger partial charge < -0.3 is 18.9 Å². The highest BCUT2D eigenvalue weighted by atomic mass is 16.7. The van der Waals surface area contributed by atoms with Crippen LogP contribution in [0.3, 0.4) is 0 Å². The summed E-state index contributed by atoms with van der Waals surface area (Å²) in [6, 6.07) is 14.3. The number of nitrogens with zero attached hydrogens (tertiary/aromatic N) is 4. The van der Waals surface area contributed by atoms with Gasteiger partial charge in [0.05, 0.1) is 30.5 Å². The summed E-state index contributed by atoms with van der Waals surface area (Å²) in [5.41, 5.74) is 5.89. The third-order valence-corrected chi connectivity index (χ3v) is 7.57. The van der Waals surface area contributed by atoms with Gasteiger partial charge in [0.2, 0.25) is 0 Å². The number of benzene rings is 2. The number of hydrogen-bond acceptors (Lipinski definition) is 7. The van der Waals surface area contributed by atoms with E-state index in [9.17, 15) is 0 Å². The van der Waals surface area contributed by atoms with Gasteiger partial charge in [-0.25, -0.2) is 0 Å². The molecule has 0 unspecified atom stereocenters. The van der Waals surface area contributed by atoms with Crippen LogP contribution in [-0.4, -0.2) is 56.2 Å². The zero-order chi connectivity index (χ0) is 25.6. The quantitative estimate of drug-likeness (QED) is 0.390. The van der Waals surface area contributed by atoms with Crippen LogP contribution in [-0.2, 0) is 22.4 Å². The lowest BCUT2D eigenvalue weighted by Crippen LogP contribution is -2.39. The van der Waals surface area contributed by atoms with Crippen LogP contribution in [0, 0.1) is 17.2 Å². The molecule has 0 saturated carbocycles. The molecular weight excluding hydrogens is 464 g/mol. The van der Waals surface area contributed by atoms with Gasteiger partial charge in [-0.3, -0.25) is 4.90 Å². The molecular formula is C30H36N4O3. The fraction of sp³-hybridized carbons (Fsp3) is 0.467. The Morgan fingerprint density at radius 3 is 2.57 bits per heavy atom. The molecule has 2 aliphatic rings. The number of fused-ring (bicyclic) bond motifs is 1. The maximum Gasteiger partial charge on any atom is 0.176 e. The van der Waals surface area contributed by atoms with Gasteiger partial charge in [-0.15, -0.1) is 0 Å². The maximum absolute atomic E-state index is 9.06. The molecule has 0 amide bonds.